The molecule has 0 spiro atoms. The third-order valence-corrected chi connectivity index (χ3v) is 8.47. The highest BCUT2D eigenvalue weighted by atomic mass is 32.2. The molecule has 1 unspecified atom stereocenters. The van der Waals surface area contributed by atoms with E-state index in [0.29, 0.717) is 18.4 Å². The van der Waals surface area contributed by atoms with E-state index in [1.165, 1.54) is 23.4 Å². The second-order valence-corrected chi connectivity index (χ2v) is 10.9. The van der Waals surface area contributed by atoms with Crippen LogP contribution < -0.4 is 5.32 Å². The van der Waals surface area contributed by atoms with Gasteiger partial charge in [0.1, 0.15) is 0 Å². The van der Waals surface area contributed by atoms with Crippen molar-refractivity contribution in [3.05, 3.63) is 90.0 Å². The maximum atomic E-state index is 13.0. The Morgan fingerprint density at radius 3 is 2.14 bits per heavy atom. The zero-order valence-electron chi connectivity index (χ0n) is 20.0. The second-order valence-electron chi connectivity index (χ2n) is 8.98. The van der Waals surface area contributed by atoms with Gasteiger partial charge >= 0.3 is 0 Å². The van der Waals surface area contributed by atoms with Gasteiger partial charge in [0.05, 0.1) is 10.9 Å². The lowest BCUT2D eigenvalue weighted by Crippen LogP contribution is -2.43. The number of carbonyl (C=O) groups is 2. The topological polar surface area (TPSA) is 83.6 Å². The van der Waals surface area contributed by atoms with E-state index in [2.05, 4.69) is 29.6 Å². The van der Waals surface area contributed by atoms with Crippen LogP contribution in [-0.4, -0.2) is 37.5 Å². The fraction of sp³-hybridized carbons (Fsp3) is 0.286. The molecule has 4 rings (SSSR count). The number of hydrogen-bond donors (Lipinski definition) is 1. The van der Waals surface area contributed by atoms with Crippen LogP contribution in [0.3, 0.4) is 0 Å². The Morgan fingerprint density at radius 2 is 1.51 bits per heavy atom. The highest BCUT2D eigenvalue weighted by Gasteiger charge is 2.32. The van der Waals surface area contributed by atoms with Crippen molar-refractivity contribution in [2.45, 2.75) is 37.6 Å². The predicted molar refractivity (Wildman–Crippen MR) is 136 cm³/mol. The van der Waals surface area contributed by atoms with Crippen molar-refractivity contribution in [1.29, 1.82) is 0 Å². The van der Waals surface area contributed by atoms with Gasteiger partial charge in [-0.3, -0.25) is 9.59 Å². The average Bonchev–Trinajstić information content (AvgIpc) is 2.89. The molecule has 35 heavy (non-hydrogen) atoms. The number of nitrogens with one attached hydrogen (secondary N) is 1. The first-order valence-corrected chi connectivity index (χ1v) is 13.3. The van der Waals surface area contributed by atoms with Gasteiger partial charge in [0.25, 0.3) is 0 Å². The van der Waals surface area contributed by atoms with Crippen LogP contribution in [0.2, 0.25) is 0 Å². The summed E-state index contributed by atoms with van der Waals surface area (Å²) in [7, 11) is -3.71. The van der Waals surface area contributed by atoms with Crippen LogP contribution >= 0.6 is 0 Å². The number of carbonyl (C=O) groups excluding carboxylic acids is 2. The summed E-state index contributed by atoms with van der Waals surface area (Å²) >= 11 is 0. The maximum Gasteiger partial charge on any atom is 0.243 e. The largest absolute Gasteiger partial charge is 0.349 e. The SMILES string of the molecule is CC(=O)c1cccc(S(=O)(=O)N2CCC(C(=O)NC(C)c3ccc(-c4ccccc4)cc3)CC2)c1. The Labute approximate surface area is 207 Å². The molecule has 0 bridgehead atoms. The monoisotopic (exact) mass is 490 g/mol. The number of hydrogen-bond acceptors (Lipinski definition) is 4. The minimum atomic E-state index is -3.71. The number of ketones is 1. The smallest absolute Gasteiger partial charge is 0.243 e. The Bertz CT molecular complexity index is 1300. The predicted octanol–water partition coefficient (Wildman–Crippen LogP) is 4.83. The van der Waals surface area contributed by atoms with Gasteiger partial charge < -0.3 is 5.32 Å². The summed E-state index contributed by atoms with van der Waals surface area (Å²) in [6.07, 6.45) is 0.911. The Kier molecular flexibility index (Phi) is 7.48. The Morgan fingerprint density at radius 1 is 0.886 bits per heavy atom. The van der Waals surface area contributed by atoms with Gasteiger partial charge in [-0.05, 0) is 55.5 Å². The molecule has 0 aromatic heterocycles. The number of rotatable bonds is 7. The molecule has 1 atom stereocenters. The van der Waals surface area contributed by atoms with E-state index >= 15 is 0 Å². The third-order valence-electron chi connectivity index (χ3n) is 6.58. The standard InChI is InChI=1S/C28H30N2O4S/c1-20(22-11-13-24(14-12-22)23-7-4-3-5-8-23)29-28(32)25-15-17-30(18-16-25)35(33,34)27-10-6-9-26(19-27)21(2)31/h3-14,19-20,25H,15-18H2,1-2H3,(H,29,32). The first-order valence-electron chi connectivity index (χ1n) is 11.8. The Balaban J connectivity index is 1.34. The van der Waals surface area contributed by atoms with Gasteiger partial charge in [0.2, 0.25) is 15.9 Å². The molecule has 1 amide bonds. The molecule has 1 heterocycles. The van der Waals surface area contributed by atoms with Crippen molar-refractivity contribution in [1.82, 2.24) is 9.62 Å². The van der Waals surface area contributed by atoms with Crippen molar-refractivity contribution in [2.24, 2.45) is 5.92 Å². The van der Waals surface area contributed by atoms with Gasteiger partial charge in [-0.15, -0.1) is 0 Å². The normalized spacial score (nSPS) is 15.9. The minimum absolute atomic E-state index is 0.0553. The first-order chi connectivity index (χ1) is 16.8. The van der Waals surface area contributed by atoms with E-state index in [4.69, 9.17) is 0 Å². The van der Waals surface area contributed by atoms with Crippen LogP contribution in [0.1, 0.15) is 48.7 Å². The van der Waals surface area contributed by atoms with Crippen molar-refractivity contribution in [3.8, 4) is 11.1 Å². The van der Waals surface area contributed by atoms with Gasteiger partial charge in [0, 0.05) is 24.6 Å². The summed E-state index contributed by atoms with van der Waals surface area (Å²) in [5, 5.41) is 3.09. The molecular formula is C28H30N2O4S. The molecule has 0 aliphatic carbocycles. The molecule has 3 aromatic carbocycles. The molecule has 1 N–H and O–H groups in total. The third kappa shape index (κ3) is 5.69. The zero-order chi connectivity index (χ0) is 25.0. The number of amides is 1. The molecule has 1 aliphatic heterocycles. The van der Waals surface area contributed by atoms with Gasteiger partial charge in [0.15, 0.2) is 5.78 Å². The molecule has 0 saturated carbocycles. The lowest BCUT2D eigenvalue weighted by Gasteiger charge is -2.31. The fourth-order valence-corrected chi connectivity index (χ4v) is 5.91. The summed E-state index contributed by atoms with van der Waals surface area (Å²) in [5.41, 5.74) is 3.65. The molecule has 1 aliphatic rings. The summed E-state index contributed by atoms with van der Waals surface area (Å²) in [6, 6.07) is 24.2. The molecule has 1 saturated heterocycles. The lowest BCUT2D eigenvalue weighted by atomic mass is 9.96. The van der Waals surface area contributed by atoms with Crippen LogP contribution in [-0.2, 0) is 14.8 Å². The van der Waals surface area contributed by atoms with E-state index in [1.807, 2.05) is 37.3 Å². The lowest BCUT2D eigenvalue weighted by molar-refractivity contribution is -0.126. The van der Waals surface area contributed by atoms with E-state index in [9.17, 15) is 18.0 Å². The average molecular weight is 491 g/mol. The van der Waals surface area contributed by atoms with Gasteiger partial charge in [-0.25, -0.2) is 8.42 Å². The molecule has 1 fully saturated rings. The maximum absolute atomic E-state index is 13.0. The summed E-state index contributed by atoms with van der Waals surface area (Å²) in [4.78, 5) is 24.6. The fourth-order valence-electron chi connectivity index (χ4n) is 4.39. The van der Waals surface area contributed by atoms with Crippen LogP contribution in [0.15, 0.2) is 83.8 Å². The van der Waals surface area contributed by atoms with Crippen molar-refractivity contribution >= 4 is 21.7 Å². The van der Waals surface area contributed by atoms with Crippen molar-refractivity contribution in [3.63, 3.8) is 0 Å². The van der Waals surface area contributed by atoms with Crippen molar-refractivity contribution in [2.75, 3.05) is 13.1 Å². The molecule has 182 valence electrons. The van der Waals surface area contributed by atoms with E-state index in [1.54, 1.807) is 12.1 Å². The van der Waals surface area contributed by atoms with Crippen LogP contribution in [0.4, 0.5) is 0 Å². The van der Waals surface area contributed by atoms with Crippen LogP contribution in [0.5, 0.6) is 0 Å². The summed E-state index contributed by atoms with van der Waals surface area (Å²) in [5.74, 6) is -0.474. The van der Waals surface area contributed by atoms with Gasteiger partial charge in [-0.2, -0.15) is 4.31 Å². The quantitative estimate of drug-likeness (QED) is 0.481. The number of nitrogens with zero attached hydrogens (tertiary/aromatic N) is 1. The number of Topliss-reactive ketones (excluding diaryl/α,β-unsaturated/α-hetero) is 1. The van der Waals surface area contributed by atoms with Crippen LogP contribution in [0.25, 0.3) is 11.1 Å². The Hall–Kier alpha value is -3.29. The van der Waals surface area contributed by atoms with Crippen LogP contribution in [0, 0.1) is 5.92 Å². The van der Waals surface area contributed by atoms with E-state index in [-0.39, 0.29) is 41.6 Å². The zero-order valence-corrected chi connectivity index (χ0v) is 20.8. The number of benzene rings is 3. The van der Waals surface area contributed by atoms with Gasteiger partial charge in [-0.1, -0.05) is 66.7 Å². The summed E-state index contributed by atoms with van der Waals surface area (Å²) < 4.78 is 27.5. The highest BCUT2D eigenvalue weighted by Crippen LogP contribution is 2.26. The highest BCUT2D eigenvalue weighted by molar-refractivity contribution is 7.89. The summed E-state index contributed by atoms with van der Waals surface area (Å²) in [6.45, 7) is 3.90. The number of piperidine rings is 1. The van der Waals surface area contributed by atoms with E-state index < -0.39 is 10.0 Å². The number of sulfonamides is 1. The molecule has 3 aromatic rings. The van der Waals surface area contributed by atoms with E-state index in [0.717, 1.165) is 16.7 Å². The minimum Gasteiger partial charge on any atom is -0.349 e. The molecular weight excluding hydrogens is 460 g/mol. The molecule has 6 nitrogen and oxygen atoms in total. The second kappa shape index (κ2) is 10.5. The van der Waals surface area contributed by atoms with Crippen molar-refractivity contribution < 1.29 is 18.0 Å². The molecule has 7 heteroatoms. The first kappa shape index (κ1) is 24.8. The molecule has 0 radical (unpaired) electrons.